The van der Waals surface area contributed by atoms with Crippen LogP contribution in [-0.2, 0) is 16.1 Å². The fourth-order valence-electron chi connectivity index (χ4n) is 1.76. The molecule has 2 aromatic heterocycles. The van der Waals surface area contributed by atoms with Crippen LogP contribution in [0.1, 0.15) is 12.8 Å². The maximum atomic E-state index is 11.1. The molecule has 0 saturated carbocycles. The van der Waals surface area contributed by atoms with Crippen LogP contribution in [0, 0.1) is 0 Å². The van der Waals surface area contributed by atoms with E-state index in [1.807, 2.05) is 12.3 Å². The summed E-state index contributed by atoms with van der Waals surface area (Å²) in [6.07, 6.45) is 8.12. The molecule has 0 bridgehead atoms. The number of ether oxygens (including phenoxy) is 1. The van der Waals surface area contributed by atoms with Crippen molar-refractivity contribution >= 4 is 11.7 Å². The van der Waals surface area contributed by atoms with Gasteiger partial charge >= 0.3 is 5.97 Å². The third-order valence-corrected chi connectivity index (χ3v) is 2.88. The van der Waals surface area contributed by atoms with E-state index in [2.05, 4.69) is 19.8 Å². The summed E-state index contributed by atoms with van der Waals surface area (Å²) in [4.78, 5) is 19.5. The summed E-state index contributed by atoms with van der Waals surface area (Å²) in [6.45, 7) is 0.660. The molecule has 2 rings (SSSR count). The van der Waals surface area contributed by atoms with E-state index >= 15 is 0 Å². The van der Waals surface area contributed by atoms with Gasteiger partial charge in [-0.2, -0.15) is 0 Å². The van der Waals surface area contributed by atoms with Gasteiger partial charge in [-0.05, 0) is 11.2 Å². The zero-order valence-corrected chi connectivity index (χ0v) is 11.8. The number of methoxy groups -OCH3 is 1. The molecule has 0 saturated heterocycles. The van der Waals surface area contributed by atoms with E-state index in [1.54, 1.807) is 29.3 Å². The van der Waals surface area contributed by atoms with E-state index in [0.29, 0.717) is 25.2 Å². The van der Waals surface area contributed by atoms with E-state index in [0.717, 1.165) is 5.56 Å². The Kier molecular flexibility index (Phi) is 5.03. The van der Waals surface area contributed by atoms with E-state index < -0.39 is 5.97 Å². The lowest BCUT2D eigenvalue weighted by Crippen LogP contribution is -2.46. The first-order valence-electron chi connectivity index (χ1n) is 6.53. The van der Waals surface area contributed by atoms with Crippen molar-refractivity contribution in [3.63, 3.8) is 0 Å². The van der Waals surface area contributed by atoms with Crippen molar-refractivity contribution in [3.8, 4) is 11.4 Å². The Balaban J connectivity index is 1.89. The highest BCUT2D eigenvalue weighted by Crippen LogP contribution is 2.09. The summed E-state index contributed by atoms with van der Waals surface area (Å²) in [5.74, 6) is 0.171. The average molecular weight is 287 g/mol. The molecule has 2 aromatic rings. The van der Waals surface area contributed by atoms with Crippen LogP contribution in [0.2, 0.25) is 0 Å². The van der Waals surface area contributed by atoms with Crippen molar-refractivity contribution in [1.29, 1.82) is 0 Å². The van der Waals surface area contributed by atoms with Crippen molar-refractivity contribution in [2.24, 2.45) is 0 Å². The van der Waals surface area contributed by atoms with Crippen LogP contribution in [0.25, 0.3) is 11.4 Å². The van der Waals surface area contributed by atoms with Crippen molar-refractivity contribution in [2.45, 2.75) is 19.4 Å². The van der Waals surface area contributed by atoms with Crippen molar-refractivity contribution < 1.29 is 19.6 Å². The highest BCUT2D eigenvalue weighted by Gasteiger charge is 2.16. The van der Waals surface area contributed by atoms with Crippen molar-refractivity contribution in [2.75, 3.05) is 7.11 Å². The number of rotatable bonds is 6. The van der Waals surface area contributed by atoms with Gasteiger partial charge in [0.25, 0.3) is 5.71 Å². The van der Waals surface area contributed by atoms with Gasteiger partial charge in [0.1, 0.15) is 6.20 Å². The van der Waals surface area contributed by atoms with E-state index in [9.17, 15) is 4.79 Å². The summed E-state index contributed by atoms with van der Waals surface area (Å²) in [6, 6.07) is 3.66. The molecule has 0 unspecified atom stereocenters. The molecule has 0 aliphatic heterocycles. The number of nitrogens with two attached hydrogens (primary N) is 1. The minimum atomic E-state index is -0.468. The van der Waals surface area contributed by atoms with E-state index in [-0.39, 0.29) is 5.71 Å². The summed E-state index contributed by atoms with van der Waals surface area (Å²) >= 11 is 0. The lowest BCUT2D eigenvalue weighted by Gasteiger charge is -1.98. The molecule has 0 radical (unpaired) electrons. The molecule has 0 atom stereocenters. The van der Waals surface area contributed by atoms with E-state index in [4.69, 9.17) is 5.41 Å². The molecule has 0 aliphatic rings. The average Bonchev–Trinajstić information content (AvgIpc) is 2.55. The Bertz CT molecular complexity index is 613. The predicted molar refractivity (Wildman–Crippen MR) is 73.6 cm³/mol. The Morgan fingerprint density at radius 3 is 2.76 bits per heavy atom. The number of aryl methyl sites for hydroxylation is 1. The van der Waals surface area contributed by atoms with Crippen LogP contribution in [0.15, 0.2) is 36.9 Å². The SMILES string of the molecule is COC(=O)C(=[NH2+])CCC[n+]1ccc(-c2ncccn2)cn1. The molecule has 0 amide bonds. The number of esters is 1. The molecule has 21 heavy (non-hydrogen) atoms. The summed E-state index contributed by atoms with van der Waals surface area (Å²) in [7, 11) is 1.32. The van der Waals surface area contributed by atoms with Gasteiger partial charge in [-0.3, -0.25) is 5.41 Å². The highest BCUT2D eigenvalue weighted by molar-refractivity contribution is 6.33. The van der Waals surface area contributed by atoms with E-state index in [1.165, 1.54) is 7.11 Å². The molecule has 0 fully saturated rings. The molecule has 2 heterocycles. The zero-order valence-electron chi connectivity index (χ0n) is 11.8. The second-order valence-corrected chi connectivity index (χ2v) is 4.37. The van der Waals surface area contributed by atoms with Crippen LogP contribution in [0.5, 0.6) is 0 Å². The number of hydrogen-bond donors (Lipinski definition) is 1. The zero-order chi connectivity index (χ0) is 15.1. The van der Waals surface area contributed by atoms with Gasteiger partial charge < -0.3 is 4.74 Å². The van der Waals surface area contributed by atoms with Gasteiger partial charge in [-0.25, -0.2) is 14.8 Å². The minimum Gasteiger partial charge on any atom is -0.461 e. The number of carbonyl (C=O) groups is 1. The molecule has 108 valence electrons. The van der Waals surface area contributed by atoms with Crippen LogP contribution in [0.4, 0.5) is 0 Å². The highest BCUT2D eigenvalue weighted by atomic mass is 16.5. The van der Waals surface area contributed by atoms with Gasteiger partial charge in [0.05, 0.1) is 7.11 Å². The van der Waals surface area contributed by atoms with Gasteiger partial charge in [0, 0.05) is 36.9 Å². The quantitative estimate of drug-likeness (QED) is 0.417. The molecule has 2 N–H and O–H groups in total. The monoisotopic (exact) mass is 287 g/mol. The third-order valence-electron chi connectivity index (χ3n) is 2.88. The van der Waals surface area contributed by atoms with Crippen LogP contribution in [-0.4, -0.2) is 33.9 Å². The van der Waals surface area contributed by atoms with Crippen LogP contribution in [0.3, 0.4) is 0 Å². The first-order chi connectivity index (χ1) is 10.2. The fraction of sp³-hybridized carbons (Fsp3) is 0.286. The second kappa shape index (κ2) is 7.18. The number of hydrogen-bond acceptors (Lipinski definition) is 5. The Hall–Kier alpha value is -2.70. The Morgan fingerprint density at radius 2 is 2.14 bits per heavy atom. The predicted octanol–water partition coefficient (Wildman–Crippen LogP) is -1.02. The first-order valence-corrected chi connectivity index (χ1v) is 6.53. The standard InChI is InChI=1S/C14H16N5O2/c1-21-14(20)12(15)4-2-8-19-9-5-11(10-18-19)13-16-6-3-7-17-13/h3,5-7,9-10,15H,2,4,8H2,1H3/q+1/p+1. The van der Waals surface area contributed by atoms with Crippen molar-refractivity contribution in [1.82, 2.24) is 15.1 Å². The normalized spacial score (nSPS) is 10.1. The van der Waals surface area contributed by atoms with Crippen LogP contribution >= 0.6 is 0 Å². The first kappa shape index (κ1) is 14.7. The largest absolute Gasteiger partial charge is 0.461 e. The number of aromatic nitrogens is 4. The van der Waals surface area contributed by atoms with Gasteiger partial charge in [-0.15, -0.1) is 0 Å². The van der Waals surface area contributed by atoms with Gasteiger partial charge in [0.2, 0.25) is 0 Å². The maximum absolute atomic E-state index is 11.1. The molecule has 0 aromatic carbocycles. The number of nitrogens with zero attached hydrogens (tertiary/aromatic N) is 4. The summed E-state index contributed by atoms with van der Waals surface area (Å²) in [5, 5.41) is 9.88. The summed E-state index contributed by atoms with van der Waals surface area (Å²) in [5.41, 5.74) is 1.08. The minimum absolute atomic E-state index is 0.229. The second-order valence-electron chi connectivity index (χ2n) is 4.37. The fourth-order valence-corrected chi connectivity index (χ4v) is 1.76. The molecular weight excluding hydrogens is 270 g/mol. The lowest BCUT2D eigenvalue weighted by atomic mass is 10.2. The third kappa shape index (κ3) is 4.13. The Labute approximate surface area is 122 Å². The smallest absolute Gasteiger partial charge is 0.398 e. The van der Waals surface area contributed by atoms with Crippen molar-refractivity contribution in [3.05, 3.63) is 36.9 Å². The Morgan fingerprint density at radius 1 is 1.38 bits per heavy atom. The number of carbonyl (C=O) groups excluding carboxylic acids is 1. The molecule has 7 heteroatoms. The topological polar surface area (TPSA) is 94.4 Å². The van der Waals surface area contributed by atoms with Gasteiger partial charge in [0.15, 0.2) is 18.6 Å². The lowest BCUT2D eigenvalue weighted by molar-refractivity contribution is -0.754. The molecular formula is C14H17N5O2+2. The maximum Gasteiger partial charge on any atom is 0.398 e. The molecule has 7 nitrogen and oxygen atoms in total. The van der Waals surface area contributed by atoms with Crippen LogP contribution < -0.4 is 10.1 Å². The summed E-state index contributed by atoms with van der Waals surface area (Å²) < 4.78 is 6.32. The van der Waals surface area contributed by atoms with Gasteiger partial charge in [-0.1, -0.05) is 4.68 Å². The molecule has 0 aliphatic carbocycles. The molecule has 0 spiro atoms.